The predicted molar refractivity (Wildman–Crippen MR) is 92.9 cm³/mol. The Morgan fingerprint density at radius 2 is 1.92 bits per heavy atom. The summed E-state index contributed by atoms with van der Waals surface area (Å²) < 4.78 is 33.6. The molecule has 0 saturated carbocycles. The van der Waals surface area contributed by atoms with E-state index in [0.717, 1.165) is 49.2 Å². The van der Waals surface area contributed by atoms with E-state index >= 15 is 0 Å². The van der Waals surface area contributed by atoms with E-state index in [0.29, 0.717) is 12.3 Å². The number of ether oxygens (including phenoxy) is 1. The molecule has 0 atom stereocenters. The normalized spacial score (nSPS) is 16.7. The number of sulfonamides is 1. The molecule has 4 rings (SSSR count). The Kier molecular flexibility index (Phi) is 3.94. The van der Waals surface area contributed by atoms with Crippen LogP contribution < -0.4 is 14.8 Å². The molecule has 0 unspecified atom stereocenters. The van der Waals surface area contributed by atoms with Crippen LogP contribution in [0.1, 0.15) is 23.1 Å². The molecule has 24 heavy (non-hydrogen) atoms. The van der Waals surface area contributed by atoms with Gasteiger partial charge in [0.2, 0.25) is 0 Å². The summed E-state index contributed by atoms with van der Waals surface area (Å²) in [5.41, 5.74) is 3.99. The van der Waals surface area contributed by atoms with Gasteiger partial charge in [-0.15, -0.1) is 0 Å². The highest BCUT2D eigenvalue weighted by atomic mass is 32.2. The molecule has 0 amide bonds. The van der Waals surface area contributed by atoms with Gasteiger partial charge in [0.05, 0.1) is 11.5 Å². The minimum Gasteiger partial charge on any atom is -0.493 e. The Morgan fingerprint density at radius 1 is 1.00 bits per heavy atom. The number of benzene rings is 2. The van der Waals surface area contributed by atoms with Crippen LogP contribution in [0.5, 0.6) is 5.75 Å². The molecule has 2 aliphatic heterocycles. The molecule has 0 bridgehead atoms. The number of rotatable bonds is 3. The molecule has 0 spiro atoms. The molecule has 2 aliphatic rings. The number of nitrogens with one attached hydrogen (secondary N) is 2. The van der Waals surface area contributed by atoms with Crippen LogP contribution in [0.15, 0.2) is 41.3 Å². The Balaban J connectivity index is 1.61. The maximum atomic E-state index is 12.7. The zero-order chi connectivity index (χ0) is 16.6. The Hall–Kier alpha value is -2.05. The van der Waals surface area contributed by atoms with Crippen molar-refractivity contribution in [3.05, 3.63) is 53.1 Å². The van der Waals surface area contributed by atoms with E-state index in [2.05, 4.69) is 10.0 Å². The first-order chi connectivity index (χ1) is 11.6. The van der Waals surface area contributed by atoms with Crippen molar-refractivity contribution in [2.75, 3.05) is 17.9 Å². The Morgan fingerprint density at radius 3 is 2.83 bits per heavy atom. The molecule has 126 valence electrons. The van der Waals surface area contributed by atoms with Crippen LogP contribution in [-0.2, 0) is 29.4 Å². The molecule has 0 saturated heterocycles. The lowest BCUT2D eigenvalue weighted by atomic mass is 10.0. The average molecular weight is 344 g/mol. The minimum absolute atomic E-state index is 0.280. The van der Waals surface area contributed by atoms with Crippen LogP contribution in [0, 0.1) is 0 Å². The van der Waals surface area contributed by atoms with Gasteiger partial charge in [0.15, 0.2) is 0 Å². The van der Waals surface area contributed by atoms with Crippen molar-refractivity contribution < 1.29 is 13.2 Å². The third-order valence-corrected chi connectivity index (χ3v) is 5.91. The molecule has 2 aromatic rings. The number of hydrogen-bond acceptors (Lipinski definition) is 4. The van der Waals surface area contributed by atoms with Gasteiger partial charge in [-0.1, -0.05) is 6.07 Å². The SMILES string of the molecule is O=S(=O)(Nc1ccc2c(c1)CNCC2)c1ccc2c(c1)CCCO2. The third-order valence-electron chi connectivity index (χ3n) is 4.54. The summed E-state index contributed by atoms with van der Waals surface area (Å²) in [6.07, 6.45) is 2.75. The molecule has 0 fully saturated rings. The van der Waals surface area contributed by atoms with E-state index in [4.69, 9.17) is 4.74 Å². The maximum Gasteiger partial charge on any atom is 0.261 e. The second-order valence-corrected chi connectivity index (χ2v) is 7.92. The van der Waals surface area contributed by atoms with Crippen molar-refractivity contribution in [1.82, 2.24) is 5.32 Å². The fourth-order valence-corrected chi connectivity index (χ4v) is 4.36. The summed E-state index contributed by atoms with van der Waals surface area (Å²) in [5.74, 6) is 0.792. The highest BCUT2D eigenvalue weighted by molar-refractivity contribution is 7.92. The smallest absolute Gasteiger partial charge is 0.261 e. The molecule has 2 N–H and O–H groups in total. The van der Waals surface area contributed by atoms with Crippen molar-refractivity contribution in [1.29, 1.82) is 0 Å². The van der Waals surface area contributed by atoms with Crippen LogP contribution in [-0.4, -0.2) is 21.6 Å². The molecule has 5 nitrogen and oxygen atoms in total. The second-order valence-electron chi connectivity index (χ2n) is 6.24. The van der Waals surface area contributed by atoms with Crippen LogP contribution in [0.25, 0.3) is 0 Å². The summed E-state index contributed by atoms with van der Waals surface area (Å²) in [4.78, 5) is 0.280. The molecule has 0 aromatic heterocycles. The molecular formula is C18H20N2O3S. The zero-order valence-corrected chi connectivity index (χ0v) is 14.2. The first-order valence-corrected chi connectivity index (χ1v) is 9.71. The fourth-order valence-electron chi connectivity index (χ4n) is 3.26. The van der Waals surface area contributed by atoms with Gasteiger partial charge in [-0.3, -0.25) is 4.72 Å². The molecule has 0 radical (unpaired) electrons. The lowest BCUT2D eigenvalue weighted by Gasteiger charge is -2.19. The number of fused-ring (bicyclic) bond motifs is 2. The maximum absolute atomic E-state index is 12.7. The van der Waals surface area contributed by atoms with Crippen molar-refractivity contribution >= 4 is 15.7 Å². The van der Waals surface area contributed by atoms with Gasteiger partial charge in [-0.25, -0.2) is 8.42 Å². The minimum atomic E-state index is -3.60. The summed E-state index contributed by atoms with van der Waals surface area (Å²) in [5, 5.41) is 3.31. The summed E-state index contributed by atoms with van der Waals surface area (Å²) in [7, 11) is -3.60. The Labute approximate surface area is 142 Å². The summed E-state index contributed by atoms with van der Waals surface area (Å²) >= 11 is 0. The van der Waals surface area contributed by atoms with E-state index in [1.807, 2.05) is 18.2 Å². The topological polar surface area (TPSA) is 67.4 Å². The summed E-state index contributed by atoms with van der Waals surface area (Å²) in [6, 6.07) is 10.8. The van der Waals surface area contributed by atoms with E-state index in [9.17, 15) is 8.42 Å². The van der Waals surface area contributed by atoms with Gasteiger partial charge in [0.25, 0.3) is 10.0 Å². The largest absolute Gasteiger partial charge is 0.493 e. The van der Waals surface area contributed by atoms with Crippen molar-refractivity contribution in [2.45, 2.75) is 30.7 Å². The van der Waals surface area contributed by atoms with E-state index in [1.165, 1.54) is 5.56 Å². The van der Waals surface area contributed by atoms with Crippen molar-refractivity contribution in [3.8, 4) is 5.75 Å². The van der Waals surface area contributed by atoms with Crippen molar-refractivity contribution in [3.63, 3.8) is 0 Å². The number of anilines is 1. The number of aryl methyl sites for hydroxylation is 1. The van der Waals surface area contributed by atoms with Gasteiger partial charge in [-0.05, 0) is 72.8 Å². The molecular weight excluding hydrogens is 324 g/mol. The first-order valence-electron chi connectivity index (χ1n) is 8.23. The van der Waals surface area contributed by atoms with Gasteiger partial charge < -0.3 is 10.1 Å². The van der Waals surface area contributed by atoms with Crippen molar-refractivity contribution in [2.24, 2.45) is 0 Å². The lowest BCUT2D eigenvalue weighted by molar-refractivity contribution is 0.288. The zero-order valence-electron chi connectivity index (χ0n) is 13.3. The first kappa shape index (κ1) is 15.5. The second kappa shape index (κ2) is 6.11. The third kappa shape index (κ3) is 2.99. The predicted octanol–water partition coefficient (Wildman–Crippen LogP) is 2.46. The van der Waals surface area contributed by atoms with E-state index in [-0.39, 0.29) is 4.90 Å². The van der Waals surface area contributed by atoms with Crippen LogP contribution in [0.3, 0.4) is 0 Å². The van der Waals surface area contributed by atoms with E-state index in [1.54, 1.807) is 18.2 Å². The van der Waals surface area contributed by atoms with E-state index < -0.39 is 10.0 Å². The average Bonchev–Trinajstić information content (AvgIpc) is 2.61. The van der Waals surface area contributed by atoms with Gasteiger partial charge in [0.1, 0.15) is 5.75 Å². The summed E-state index contributed by atoms with van der Waals surface area (Å²) in [6.45, 7) is 2.44. The quantitative estimate of drug-likeness (QED) is 0.898. The fraction of sp³-hybridized carbons (Fsp3) is 0.333. The Bertz CT molecular complexity index is 878. The molecule has 6 heteroatoms. The molecule has 0 aliphatic carbocycles. The monoisotopic (exact) mass is 344 g/mol. The highest BCUT2D eigenvalue weighted by Crippen LogP contribution is 2.28. The molecule has 2 aromatic carbocycles. The van der Waals surface area contributed by atoms with Gasteiger partial charge >= 0.3 is 0 Å². The standard InChI is InChI=1S/C18H20N2O3S/c21-24(22,17-5-6-18-14(11-17)2-1-9-23-18)20-16-4-3-13-7-8-19-12-15(13)10-16/h3-6,10-11,19-20H,1-2,7-9,12H2. The number of hydrogen-bond donors (Lipinski definition) is 2. The molecule has 2 heterocycles. The van der Waals surface area contributed by atoms with Crippen LogP contribution >= 0.6 is 0 Å². The highest BCUT2D eigenvalue weighted by Gasteiger charge is 2.19. The van der Waals surface area contributed by atoms with Gasteiger partial charge in [-0.2, -0.15) is 0 Å². The van der Waals surface area contributed by atoms with Crippen LogP contribution in [0.4, 0.5) is 5.69 Å². The van der Waals surface area contributed by atoms with Crippen LogP contribution in [0.2, 0.25) is 0 Å². The van der Waals surface area contributed by atoms with Gasteiger partial charge in [0, 0.05) is 12.2 Å². The lowest BCUT2D eigenvalue weighted by Crippen LogP contribution is -2.23.